The summed E-state index contributed by atoms with van der Waals surface area (Å²) < 4.78 is 16.6. The number of pyridine rings is 1. The van der Waals surface area contributed by atoms with Gasteiger partial charge in [-0.3, -0.25) is 0 Å². The molecule has 32 heavy (non-hydrogen) atoms. The van der Waals surface area contributed by atoms with E-state index in [1.165, 1.54) is 29.9 Å². The van der Waals surface area contributed by atoms with Gasteiger partial charge >= 0.3 is 0 Å². The lowest BCUT2D eigenvalue weighted by atomic mass is 9.98. The molecule has 4 rings (SSSR count). The van der Waals surface area contributed by atoms with Crippen LogP contribution in [0.2, 0.25) is 0 Å². The Labute approximate surface area is 192 Å². The first-order valence-corrected chi connectivity index (χ1v) is 11.9. The predicted octanol–water partition coefficient (Wildman–Crippen LogP) is 5.99. The average Bonchev–Trinajstić information content (AvgIpc) is 3.23. The van der Waals surface area contributed by atoms with Crippen molar-refractivity contribution in [3.63, 3.8) is 0 Å². The number of rotatable bonds is 7. The van der Waals surface area contributed by atoms with Crippen LogP contribution >= 0.6 is 0 Å². The fourth-order valence-corrected chi connectivity index (χ4v) is 5.30. The number of nitrogens with zero attached hydrogens (tertiary/aromatic N) is 3. The Morgan fingerprint density at radius 3 is 2.28 bits per heavy atom. The van der Waals surface area contributed by atoms with Crippen molar-refractivity contribution in [2.75, 3.05) is 13.6 Å². The summed E-state index contributed by atoms with van der Waals surface area (Å²) in [4.78, 5) is 7.38. The van der Waals surface area contributed by atoms with Gasteiger partial charge in [-0.15, -0.1) is 0 Å². The molecule has 0 bridgehead atoms. The maximum absolute atomic E-state index is 14.4. The molecule has 1 unspecified atom stereocenters. The molecule has 0 spiro atoms. The van der Waals surface area contributed by atoms with E-state index < -0.39 is 0 Å². The van der Waals surface area contributed by atoms with Crippen molar-refractivity contribution in [2.45, 2.75) is 65.8 Å². The Morgan fingerprint density at radius 2 is 1.62 bits per heavy atom. The van der Waals surface area contributed by atoms with Crippen molar-refractivity contribution in [3.8, 4) is 5.82 Å². The Hall–Kier alpha value is -2.46. The molecule has 0 radical (unpaired) electrons. The smallest absolute Gasteiger partial charge is 0.137 e. The Morgan fingerprint density at radius 1 is 0.938 bits per heavy atom. The summed E-state index contributed by atoms with van der Waals surface area (Å²) in [6.45, 7) is 9.82. The number of aryl methyl sites for hydroxylation is 6. The molecule has 2 atom stereocenters. The number of halogens is 1. The largest absolute Gasteiger partial charge is 0.303 e. The first kappa shape index (κ1) is 22.7. The third kappa shape index (κ3) is 5.29. The maximum atomic E-state index is 14.4. The van der Waals surface area contributed by atoms with Gasteiger partial charge in [0.15, 0.2) is 0 Å². The van der Waals surface area contributed by atoms with Crippen LogP contribution in [0.1, 0.15) is 53.5 Å². The number of hydrogen-bond donors (Lipinski definition) is 0. The van der Waals surface area contributed by atoms with Crippen LogP contribution in [-0.2, 0) is 19.3 Å². The van der Waals surface area contributed by atoms with E-state index in [1.54, 1.807) is 12.1 Å². The first-order chi connectivity index (χ1) is 15.3. The standard InChI is InChI=1S/C28H36FN3/c1-19-12-26(30-28(14-19)32-21(3)6-7-22(32)4)10-8-23-15-24(17-25(29)16-23)9-11-27-13-20(2)18-31(27)5/h6-7,12,14-17,20,27H,8-11,13,18H2,1-5H3/t20-,27?/m0/s1. The predicted molar refractivity (Wildman–Crippen MR) is 130 cm³/mol. The molecule has 1 aliphatic heterocycles. The van der Waals surface area contributed by atoms with E-state index in [0.717, 1.165) is 54.2 Å². The summed E-state index contributed by atoms with van der Waals surface area (Å²) in [6.07, 6.45) is 4.89. The van der Waals surface area contributed by atoms with Gasteiger partial charge < -0.3 is 9.47 Å². The van der Waals surface area contributed by atoms with Crippen molar-refractivity contribution in [2.24, 2.45) is 5.92 Å². The van der Waals surface area contributed by atoms with Gasteiger partial charge in [0.25, 0.3) is 0 Å². The van der Waals surface area contributed by atoms with Crippen molar-refractivity contribution in [1.82, 2.24) is 14.5 Å². The minimum atomic E-state index is -0.123. The molecule has 1 aliphatic rings. The molecule has 1 aromatic carbocycles. The second-order valence-corrected chi connectivity index (χ2v) is 9.89. The van der Waals surface area contributed by atoms with E-state index in [9.17, 15) is 4.39 Å². The maximum Gasteiger partial charge on any atom is 0.137 e. The number of hydrogen-bond acceptors (Lipinski definition) is 2. The molecule has 3 nitrogen and oxygen atoms in total. The van der Waals surface area contributed by atoms with Gasteiger partial charge in [-0.05, 0) is 119 Å². The Kier molecular flexibility index (Phi) is 6.80. The van der Waals surface area contributed by atoms with E-state index >= 15 is 0 Å². The Bertz CT molecular complexity index is 1060. The zero-order valence-corrected chi connectivity index (χ0v) is 20.2. The van der Waals surface area contributed by atoms with E-state index in [4.69, 9.17) is 4.98 Å². The zero-order chi connectivity index (χ0) is 22.8. The molecule has 3 heterocycles. The van der Waals surface area contributed by atoms with E-state index in [2.05, 4.69) is 74.5 Å². The van der Waals surface area contributed by atoms with Gasteiger partial charge in [-0.25, -0.2) is 9.37 Å². The molecule has 0 aliphatic carbocycles. The van der Waals surface area contributed by atoms with Crippen LogP contribution in [0.25, 0.3) is 5.82 Å². The normalized spacial score (nSPS) is 19.1. The fourth-order valence-electron chi connectivity index (χ4n) is 5.30. The fraction of sp³-hybridized carbons (Fsp3) is 0.464. The summed E-state index contributed by atoms with van der Waals surface area (Å²) >= 11 is 0. The SMILES string of the molecule is Cc1cc(CCc2cc(F)cc(CCC3C[C@H](C)CN3C)c2)nc(-n2c(C)ccc2C)c1. The molecule has 1 saturated heterocycles. The van der Waals surface area contributed by atoms with Crippen LogP contribution in [0.3, 0.4) is 0 Å². The number of aromatic nitrogens is 2. The number of likely N-dealkylation sites (tertiary alicyclic amines) is 1. The first-order valence-electron chi connectivity index (χ1n) is 11.9. The van der Waals surface area contributed by atoms with E-state index in [1.807, 2.05) is 0 Å². The second-order valence-electron chi connectivity index (χ2n) is 9.89. The highest BCUT2D eigenvalue weighted by Crippen LogP contribution is 2.25. The molecule has 0 amide bonds. The summed E-state index contributed by atoms with van der Waals surface area (Å²) in [5.41, 5.74) is 6.80. The summed E-state index contributed by atoms with van der Waals surface area (Å²) in [5.74, 6) is 1.61. The molecule has 3 aromatic rings. The molecule has 170 valence electrons. The van der Waals surface area contributed by atoms with Crippen molar-refractivity contribution in [3.05, 3.63) is 82.1 Å². The lowest BCUT2D eigenvalue weighted by molar-refractivity contribution is 0.295. The van der Waals surface area contributed by atoms with Crippen LogP contribution in [0.4, 0.5) is 4.39 Å². The monoisotopic (exact) mass is 433 g/mol. The average molecular weight is 434 g/mol. The van der Waals surface area contributed by atoms with Gasteiger partial charge in [0, 0.05) is 29.7 Å². The van der Waals surface area contributed by atoms with Crippen LogP contribution in [0.15, 0.2) is 42.5 Å². The Balaban J connectivity index is 1.45. The molecular weight excluding hydrogens is 397 g/mol. The molecule has 1 fully saturated rings. The summed E-state index contributed by atoms with van der Waals surface area (Å²) in [5, 5.41) is 0. The van der Waals surface area contributed by atoms with Gasteiger partial charge in [0.2, 0.25) is 0 Å². The summed E-state index contributed by atoms with van der Waals surface area (Å²) in [7, 11) is 2.21. The van der Waals surface area contributed by atoms with Crippen LogP contribution in [0, 0.1) is 32.5 Å². The van der Waals surface area contributed by atoms with E-state index in [-0.39, 0.29) is 5.82 Å². The quantitative estimate of drug-likeness (QED) is 0.456. The van der Waals surface area contributed by atoms with Crippen LogP contribution in [-0.4, -0.2) is 34.1 Å². The van der Waals surface area contributed by atoms with Crippen molar-refractivity contribution < 1.29 is 4.39 Å². The third-order valence-corrected chi connectivity index (χ3v) is 6.86. The molecule has 4 heteroatoms. The van der Waals surface area contributed by atoms with Gasteiger partial charge in [0.05, 0.1) is 0 Å². The molecular formula is C28H36FN3. The van der Waals surface area contributed by atoms with Gasteiger partial charge in [-0.1, -0.05) is 13.0 Å². The van der Waals surface area contributed by atoms with Crippen LogP contribution < -0.4 is 0 Å². The van der Waals surface area contributed by atoms with Gasteiger partial charge in [-0.2, -0.15) is 0 Å². The second kappa shape index (κ2) is 9.58. The highest BCUT2D eigenvalue weighted by molar-refractivity contribution is 5.36. The highest BCUT2D eigenvalue weighted by atomic mass is 19.1. The lowest BCUT2D eigenvalue weighted by Crippen LogP contribution is -2.25. The van der Waals surface area contributed by atoms with E-state index in [0.29, 0.717) is 6.04 Å². The molecule has 0 saturated carbocycles. The van der Waals surface area contributed by atoms with Gasteiger partial charge in [0.1, 0.15) is 11.6 Å². The summed E-state index contributed by atoms with van der Waals surface area (Å²) in [6, 6.07) is 14.7. The molecule has 2 aromatic heterocycles. The van der Waals surface area contributed by atoms with Crippen LogP contribution in [0.5, 0.6) is 0 Å². The highest BCUT2D eigenvalue weighted by Gasteiger charge is 2.26. The molecule has 0 N–H and O–H groups in total. The lowest BCUT2D eigenvalue weighted by Gasteiger charge is -2.19. The van der Waals surface area contributed by atoms with Crippen molar-refractivity contribution >= 4 is 0 Å². The number of benzene rings is 1. The zero-order valence-electron chi connectivity index (χ0n) is 20.2. The van der Waals surface area contributed by atoms with Crippen molar-refractivity contribution in [1.29, 1.82) is 0 Å². The minimum absolute atomic E-state index is 0.123. The third-order valence-electron chi connectivity index (χ3n) is 6.86. The minimum Gasteiger partial charge on any atom is -0.303 e. The topological polar surface area (TPSA) is 21.1 Å².